The predicted molar refractivity (Wildman–Crippen MR) is 71.0 cm³/mol. The number of hydrogen-bond acceptors (Lipinski definition) is 2. The number of rotatable bonds is 6. The molecule has 0 bridgehead atoms. The van der Waals surface area contributed by atoms with Gasteiger partial charge in [0.25, 0.3) is 0 Å². The summed E-state index contributed by atoms with van der Waals surface area (Å²) in [6, 6.07) is 0.618. The van der Waals surface area contributed by atoms with Crippen molar-refractivity contribution >= 4 is 0 Å². The lowest BCUT2D eigenvalue weighted by atomic mass is 9.99. The molecule has 17 heavy (non-hydrogen) atoms. The molecule has 0 spiro atoms. The van der Waals surface area contributed by atoms with Gasteiger partial charge in [-0.1, -0.05) is 19.8 Å². The summed E-state index contributed by atoms with van der Waals surface area (Å²) in [5.41, 5.74) is 1.29. The van der Waals surface area contributed by atoms with Gasteiger partial charge in [-0.3, -0.25) is 0 Å². The van der Waals surface area contributed by atoms with Crippen molar-refractivity contribution < 1.29 is 0 Å². The quantitative estimate of drug-likeness (QED) is 0.821. The smallest absolute Gasteiger partial charge is 0.0951 e. The van der Waals surface area contributed by atoms with Crippen LogP contribution in [0.25, 0.3) is 0 Å². The molecule has 3 nitrogen and oxygen atoms in total. The fourth-order valence-electron chi connectivity index (χ4n) is 2.42. The van der Waals surface area contributed by atoms with Gasteiger partial charge in [-0.15, -0.1) is 0 Å². The van der Waals surface area contributed by atoms with E-state index in [0.717, 1.165) is 5.92 Å². The molecule has 0 radical (unpaired) electrons. The van der Waals surface area contributed by atoms with Crippen molar-refractivity contribution in [2.45, 2.75) is 58.0 Å². The minimum absolute atomic E-state index is 0.00648. The van der Waals surface area contributed by atoms with E-state index >= 15 is 0 Å². The Morgan fingerprint density at radius 3 is 2.76 bits per heavy atom. The summed E-state index contributed by atoms with van der Waals surface area (Å²) in [6.45, 7) is 6.71. The van der Waals surface area contributed by atoms with Gasteiger partial charge in [0.15, 0.2) is 0 Å². The zero-order valence-electron chi connectivity index (χ0n) is 11.5. The van der Waals surface area contributed by atoms with Crippen molar-refractivity contribution in [3.8, 4) is 0 Å². The molecule has 0 saturated heterocycles. The lowest BCUT2D eigenvalue weighted by Gasteiger charge is -2.29. The number of nitrogens with one attached hydrogen (secondary N) is 1. The van der Waals surface area contributed by atoms with E-state index in [1.165, 1.54) is 31.4 Å². The molecule has 1 fully saturated rings. The SMILES string of the molecule is CCC(CC1CC1)n1cncc1C(C)(C)NC. The Morgan fingerprint density at radius 1 is 1.53 bits per heavy atom. The third-order valence-electron chi connectivity index (χ3n) is 4.10. The third-order valence-corrected chi connectivity index (χ3v) is 4.10. The second kappa shape index (κ2) is 4.81. The Hall–Kier alpha value is -0.830. The van der Waals surface area contributed by atoms with Crippen LogP contribution < -0.4 is 5.32 Å². The summed E-state index contributed by atoms with van der Waals surface area (Å²) in [6.07, 6.45) is 9.38. The second-order valence-corrected chi connectivity index (χ2v) is 5.80. The monoisotopic (exact) mass is 235 g/mol. The fraction of sp³-hybridized carbons (Fsp3) is 0.786. The van der Waals surface area contributed by atoms with Crippen molar-refractivity contribution in [2.75, 3.05) is 7.05 Å². The summed E-state index contributed by atoms with van der Waals surface area (Å²) in [4.78, 5) is 4.36. The first-order chi connectivity index (χ1) is 8.08. The van der Waals surface area contributed by atoms with Crippen LogP contribution in [-0.2, 0) is 5.54 Å². The largest absolute Gasteiger partial charge is 0.330 e. The highest BCUT2D eigenvalue weighted by molar-refractivity contribution is 5.12. The summed E-state index contributed by atoms with van der Waals surface area (Å²) in [7, 11) is 2.01. The summed E-state index contributed by atoms with van der Waals surface area (Å²) < 4.78 is 2.38. The number of aromatic nitrogens is 2. The van der Waals surface area contributed by atoms with Crippen LogP contribution in [0.15, 0.2) is 12.5 Å². The molecule has 1 unspecified atom stereocenters. The van der Waals surface area contributed by atoms with Gasteiger partial charge < -0.3 is 9.88 Å². The molecule has 0 aliphatic heterocycles. The zero-order valence-corrected chi connectivity index (χ0v) is 11.5. The standard InChI is InChI=1S/C14H25N3/c1-5-12(8-11-6-7-11)17-10-16-9-13(17)14(2,3)15-4/h9-12,15H,5-8H2,1-4H3. The van der Waals surface area contributed by atoms with E-state index in [1.54, 1.807) is 0 Å². The Balaban J connectivity index is 2.21. The number of hydrogen-bond donors (Lipinski definition) is 1. The lowest BCUT2D eigenvalue weighted by Crippen LogP contribution is -2.36. The highest BCUT2D eigenvalue weighted by Gasteiger charge is 2.29. The molecule has 1 aliphatic carbocycles. The average molecular weight is 235 g/mol. The van der Waals surface area contributed by atoms with Crippen LogP contribution in [0, 0.1) is 5.92 Å². The van der Waals surface area contributed by atoms with Crippen LogP contribution in [0.2, 0.25) is 0 Å². The Labute approximate surface area is 105 Å². The van der Waals surface area contributed by atoms with Crippen LogP contribution >= 0.6 is 0 Å². The van der Waals surface area contributed by atoms with Gasteiger partial charge in [-0.25, -0.2) is 4.98 Å². The van der Waals surface area contributed by atoms with Crippen molar-refractivity contribution in [3.63, 3.8) is 0 Å². The van der Waals surface area contributed by atoms with E-state index in [0.29, 0.717) is 6.04 Å². The molecule has 96 valence electrons. The zero-order chi connectivity index (χ0) is 12.5. The van der Waals surface area contributed by atoms with Gasteiger partial charge in [-0.2, -0.15) is 0 Å². The lowest BCUT2D eigenvalue weighted by molar-refractivity contribution is 0.357. The normalized spacial score (nSPS) is 18.4. The highest BCUT2D eigenvalue weighted by Crippen LogP contribution is 2.38. The van der Waals surface area contributed by atoms with E-state index in [2.05, 4.69) is 35.6 Å². The van der Waals surface area contributed by atoms with Crippen molar-refractivity contribution in [1.29, 1.82) is 0 Å². The summed E-state index contributed by atoms with van der Waals surface area (Å²) >= 11 is 0. The maximum absolute atomic E-state index is 4.36. The van der Waals surface area contributed by atoms with Gasteiger partial charge in [0.1, 0.15) is 0 Å². The van der Waals surface area contributed by atoms with Gasteiger partial charge in [-0.05, 0) is 39.7 Å². The second-order valence-electron chi connectivity index (χ2n) is 5.80. The van der Waals surface area contributed by atoms with Crippen molar-refractivity contribution in [2.24, 2.45) is 5.92 Å². The predicted octanol–water partition coefficient (Wildman–Crippen LogP) is 3.09. The third kappa shape index (κ3) is 2.71. The molecule has 1 atom stereocenters. The molecule has 2 rings (SSSR count). The molecule has 1 N–H and O–H groups in total. The minimum Gasteiger partial charge on any atom is -0.330 e. The summed E-state index contributed by atoms with van der Waals surface area (Å²) in [5.74, 6) is 0.966. The topological polar surface area (TPSA) is 29.9 Å². The van der Waals surface area contributed by atoms with E-state index in [-0.39, 0.29) is 5.54 Å². The maximum atomic E-state index is 4.36. The Morgan fingerprint density at radius 2 is 2.24 bits per heavy atom. The van der Waals surface area contributed by atoms with Gasteiger partial charge >= 0.3 is 0 Å². The number of imidazole rings is 1. The van der Waals surface area contributed by atoms with Crippen molar-refractivity contribution in [3.05, 3.63) is 18.2 Å². The first kappa shape index (κ1) is 12.6. The molecule has 0 aromatic carbocycles. The van der Waals surface area contributed by atoms with E-state index in [9.17, 15) is 0 Å². The van der Waals surface area contributed by atoms with Crippen LogP contribution in [0.1, 0.15) is 58.2 Å². The van der Waals surface area contributed by atoms with E-state index < -0.39 is 0 Å². The Bertz CT molecular complexity index is 363. The van der Waals surface area contributed by atoms with Crippen LogP contribution in [0.4, 0.5) is 0 Å². The highest BCUT2D eigenvalue weighted by atomic mass is 15.1. The van der Waals surface area contributed by atoms with Crippen LogP contribution in [-0.4, -0.2) is 16.6 Å². The van der Waals surface area contributed by atoms with Gasteiger partial charge in [0.2, 0.25) is 0 Å². The van der Waals surface area contributed by atoms with Gasteiger partial charge in [0, 0.05) is 6.04 Å². The maximum Gasteiger partial charge on any atom is 0.0951 e. The molecule has 1 aromatic heterocycles. The van der Waals surface area contributed by atoms with Crippen LogP contribution in [0.3, 0.4) is 0 Å². The average Bonchev–Trinajstić information content (AvgIpc) is 2.99. The minimum atomic E-state index is -0.00648. The summed E-state index contributed by atoms with van der Waals surface area (Å²) in [5, 5.41) is 3.37. The first-order valence-electron chi connectivity index (χ1n) is 6.79. The Kier molecular flexibility index (Phi) is 3.57. The number of nitrogens with zero attached hydrogens (tertiary/aromatic N) is 2. The molecular weight excluding hydrogens is 210 g/mol. The van der Waals surface area contributed by atoms with Crippen molar-refractivity contribution in [1.82, 2.24) is 14.9 Å². The van der Waals surface area contributed by atoms with Crippen LogP contribution in [0.5, 0.6) is 0 Å². The fourth-order valence-corrected chi connectivity index (χ4v) is 2.42. The molecular formula is C14H25N3. The molecule has 0 amide bonds. The molecule has 1 saturated carbocycles. The molecule has 1 aliphatic rings. The van der Waals surface area contributed by atoms with E-state index in [1.807, 2.05) is 19.6 Å². The molecule has 1 heterocycles. The molecule has 1 aromatic rings. The van der Waals surface area contributed by atoms with E-state index in [4.69, 9.17) is 0 Å². The first-order valence-corrected chi connectivity index (χ1v) is 6.79. The van der Waals surface area contributed by atoms with Gasteiger partial charge in [0.05, 0.1) is 23.8 Å². The molecule has 3 heteroatoms.